The number of hydrogen-bond acceptors (Lipinski definition) is 3. The Labute approximate surface area is 118 Å². The summed E-state index contributed by atoms with van der Waals surface area (Å²) in [5.74, 6) is 0.794. The first-order valence-corrected chi connectivity index (χ1v) is 7.08. The zero-order valence-electron chi connectivity index (χ0n) is 11.6. The SMILES string of the molecule is Cc1cc(CN2CCCC[C@H]2c2ncn[nH]2)ccc1F. The first-order chi connectivity index (χ1) is 9.74. The molecule has 4 nitrogen and oxygen atoms in total. The second-order valence-electron chi connectivity index (χ2n) is 5.44. The molecule has 0 amide bonds. The second-order valence-corrected chi connectivity index (χ2v) is 5.44. The van der Waals surface area contributed by atoms with Crippen molar-refractivity contribution in [1.82, 2.24) is 20.1 Å². The molecule has 1 atom stereocenters. The van der Waals surface area contributed by atoms with E-state index in [9.17, 15) is 4.39 Å². The summed E-state index contributed by atoms with van der Waals surface area (Å²) in [4.78, 5) is 6.69. The van der Waals surface area contributed by atoms with Crippen molar-refractivity contribution in [3.05, 3.63) is 47.3 Å². The second kappa shape index (κ2) is 5.71. The van der Waals surface area contributed by atoms with Gasteiger partial charge in [-0.15, -0.1) is 0 Å². The number of aromatic amines is 1. The molecule has 1 aromatic carbocycles. The van der Waals surface area contributed by atoms with Gasteiger partial charge in [-0.05, 0) is 43.5 Å². The van der Waals surface area contributed by atoms with Gasteiger partial charge in [0.25, 0.3) is 0 Å². The van der Waals surface area contributed by atoms with Crippen LogP contribution in [0.15, 0.2) is 24.5 Å². The molecule has 2 aromatic rings. The van der Waals surface area contributed by atoms with Gasteiger partial charge in [-0.3, -0.25) is 10.00 Å². The van der Waals surface area contributed by atoms with Crippen molar-refractivity contribution in [2.45, 2.75) is 38.8 Å². The summed E-state index contributed by atoms with van der Waals surface area (Å²) in [6.45, 7) is 3.68. The van der Waals surface area contributed by atoms with Gasteiger partial charge in [0.05, 0.1) is 6.04 Å². The molecule has 0 bridgehead atoms. The van der Waals surface area contributed by atoms with E-state index in [1.165, 1.54) is 12.8 Å². The zero-order chi connectivity index (χ0) is 13.9. The van der Waals surface area contributed by atoms with Crippen LogP contribution in [-0.2, 0) is 6.54 Å². The molecule has 0 radical (unpaired) electrons. The highest BCUT2D eigenvalue weighted by atomic mass is 19.1. The molecule has 1 aliphatic heterocycles. The molecule has 0 saturated carbocycles. The Kier molecular flexibility index (Phi) is 3.78. The Hall–Kier alpha value is -1.75. The fraction of sp³-hybridized carbons (Fsp3) is 0.467. The summed E-state index contributed by atoms with van der Waals surface area (Å²) in [5.41, 5.74) is 1.85. The Bertz CT molecular complexity index is 567. The van der Waals surface area contributed by atoms with Gasteiger partial charge in [0.2, 0.25) is 0 Å². The number of halogens is 1. The smallest absolute Gasteiger partial charge is 0.141 e. The van der Waals surface area contributed by atoms with Crippen LogP contribution in [0, 0.1) is 12.7 Å². The van der Waals surface area contributed by atoms with Gasteiger partial charge < -0.3 is 0 Å². The third-order valence-corrected chi connectivity index (χ3v) is 3.97. The molecule has 0 aliphatic carbocycles. The van der Waals surface area contributed by atoms with E-state index < -0.39 is 0 Å². The molecule has 1 fully saturated rings. The number of H-pyrrole nitrogens is 1. The van der Waals surface area contributed by atoms with Crippen molar-refractivity contribution in [2.75, 3.05) is 6.54 Å². The van der Waals surface area contributed by atoms with Gasteiger partial charge in [-0.2, -0.15) is 5.10 Å². The topological polar surface area (TPSA) is 44.8 Å². The normalized spacial score (nSPS) is 20.2. The van der Waals surface area contributed by atoms with Crippen LogP contribution in [0.2, 0.25) is 0 Å². The van der Waals surface area contributed by atoms with E-state index >= 15 is 0 Å². The highest BCUT2D eigenvalue weighted by Gasteiger charge is 2.26. The monoisotopic (exact) mass is 274 g/mol. The van der Waals surface area contributed by atoms with Gasteiger partial charge in [-0.1, -0.05) is 18.6 Å². The maximum atomic E-state index is 13.3. The van der Waals surface area contributed by atoms with E-state index in [1.807, 2.05) is 19.1 Å². The lowest BCUT2D eigenvalue weighted by molar-refractivity contribution is 0.134. The van der Waals surface area contributed by atoms with Crippen LogP contribution < -0.4 is 0 Å². The van der Waals surface area contributed by atoms with Gasteiger partial charge in [0, 0.05) is 6.54 Å². The van der Waals surface area contributed by atoms with Crippen LogP contribution in [0.1, 0.15) is 42.3 Å². The molecule has 1 N–H and O–H groups in total. The maximum absolute atomic E-state index is 13.3. The first kappa shape index (κ1) is 13.2. The Morgan fingerprint density at radius 3 is 3.05 bits per heavy atom. The Morgan fingerprint density at radius 2 is 2.30 bits per heavy atom. The van der Waals surface area contributed by atoms with E-state index in [2.05, 4.69) is 20.1 Å². The number of hydrogen-bond donors (Lipinski definition) is 1. The number of aryl methyl sites for hydroxylation is 1. The number of nitrogens with one attached hydrogen (secondary N) is 1. The van der Waals surface area contributed by atoms with Crippen molar-refractivity contribution in [2.24, 2.45) is 0 Å². The summed E-state index contributed by atoms with van der Waals surface area (Å²) in [7, 11) is 0. The molecule has 3 rings (SSSR count). The van der Waals surface area contributed by atoms with Crippen LogP contribution in [0.25, 0.3) is 0 Å². The number of benzene rings is 1. The molecular weight excluding hydrogens is 255 g/mol. The lowest BCUT2D eigenvalue weighted by atomic mass is 10.00. The van der Waals surface area contributed by atoms with E-state index in [4.69, 9.17) is 0 Å². The third-order valence-electron chi connectivity index (χ3n) is 3.97. The number of likely N-dealkylation sites (tertiary alicyclic amines) is 1. The summed E-state index contributed by atoms with van der Waals surface area (Å²) in [6.07, 6.45) is 5.06. The molecule has 1 aliphatic rings. The molecule has 0 spiro atoms. The summed E-state index contributed by atoms with van der Waals surface area (Å²) >= 11 is 0. The molecular formula is C15H19FN4. The minimum Gasteiger partial charge on any atom is -0.289 e. The van der Waals surface area contributed by atoms with E-state index in [0.29, 0.717) is 5.56 Å². The number of piperidine rings is 1. The van der Waals surface area contributed by atoms with Gasteiger partial charge in [-0.25, -0.2) is 9.37 Å². The fourth-order valence-electron chi connectivity index (χ4n) is 2.91. The van der Waals surface area contributed by atoms with Crippen molar-refractivity contribution >= 4 is 0 Å². The van der Waals surface area contributed by atoms with Crippen molar-refractivity contribution in [1.29, 1.82) is 0 Å². The average Bonchev–Trinajstić information content (AvgIpc) is 2.97. The van der Waals surface area contributed by atoms with Crippen LogP contribution in [0.4, 0.5) is 4.39 Å². The molecule has 106 valence electrons. The van der Waals surface area contributed by atoms with Crippen LogP contribution >= 0.6 is 0 Å². The zero-order valence-corrected chi connectivity index (χ0v) is 11.6. The maximum Gasteiger partial charge on any atom is 0.141 e. The van der Waals surface area contributed by atoms with E-state index in [1.54, 1.807) is 12.4 Å². The minimum absolute atomic E-state index is 0.140. The van der Waals surface area contributed by atoms with Gasteiger partial charge in [0.15, 0.2) is 0 Å². The number of rotatable bonds is 3. The first-order valence-electron chi connectivity index (χ1n) is 7.08. The van der Waals surface area contributed by atoms with Gasteiger partial charge >= 0.3 is 0 Å². The van der Waals surface area contributed by atoms with Crippen molar-refractivity contribution < 1.29 is 4.39 Å². The average molecular weight is 274 g/mol. The summed E-state index contributed by atoms with van der Waals surface area (Å²) in [6, 6.07) is 5.64. The van der Waals surface area contributed by atoms with E-state index in [0.717, 1.165) is 30.9 Å². The number of aromatic nitrogens is 3. The standard InChI is InChI=1S/C15H19FN4/c1-11-8-12(5-6-13(11)16)9-20-7-3-2-4-14(20)15-17-10-18-19-15/h5-6,8,10,14H,2-4,7,9H2,1H3,(H,17,18,19)/t14-/m0/s1. The fourth-order valence-corrected chi connectivity index (χ4v) is 2.91. The van der Waals surface area contributed by atoms with Crippen molar-refractivity contribution in [3.63, 3.8) is 0 Å². The predicted octanol–water partition coefficient (Wildman–Crippen LogP) is 2.98. The predicted molar refractivity (Wildman–Crippen MR) is 74.5 cm³/mol. The molecule has 0 unspecified atom stereocenters. The van der Waals surface area contributed by atoms with Crippen molar-refractivity contribution in [3.8, 4) is 0 Å². The molecule has 20 heavy (non-hydrogen) atoms. The largest absolute Gasteiger partial charge is 0.289 e. The summed E-state index contributed by atoms with van der Waals surface area (Å²) < 4.78 is 13.3. The van der Waals surface area contributed by atoms with Crippen LogP contribution in [0.5, 0.6) is 0 Å². The number of nitrogens with zero attached hydrogens (tertiary/aromatic N) is 3. The Morgan fingerprint density at radius 1 is 1.40 bits per heavy atom. The molecule has 1 saturated heterocycles. The Balaban J connectivity index is 1.78. The molecule has 1 aromatic heterocycles. The van der Waals surface area contributed by atoms with Crippen LogP contribution in [0.3, 0.4) is 0 Å². The quantitative estimate of drug-likeness (QED) is 0.936. The molecule has 2 heterocycles. The molecule has 5 heteroatoms. The van der Waals surface area contributed by atoms with E-state index in [-0.39, 0.29) is 11.9 Å². The lowest BCUT2D eigenvalue weighted by Gasteiger charge is -2.34. The lowest BCUT2D eigenvalue weighted by Crippen LogP contribution is -2.33. The third kappa shape index (κ3) is 2.72. The summed E-state index contributed by atoms with van der Waals surface area (Å²) in [5, 5.41) is 6.93. The van der Waals surface area contributed by atoms with Gasteiger partial charge in [0.1, 0.15) is 18.0 Å². The van der Waals surface area contributed by atoms with Crippen LogP contribution in [-0.4, -0.2) is 26.6 Å². The highest BCUT2D eigenvalue weighted by Crippen LogP contribution is 2.30. The minimum atomic E-state index is -0.140. The highest BCUT2D eigenvalue weighted by molar-refractivity contribution is 5.24.